The van der Waals surface area contributed by atoms with Crippen molar-refractivity contribution in [2.45, 2.75) is 0 Å². The van der Waals surface area contributed by atoms with E-state index in [1.54, 1.807) is 41.8 Å². The molecular formula is C24H15ClN4O4S2. The third-order valence-electron chi connectivity index (χ3n) is 4.98. The van der Waals surface area contributed by atoms with Crippen LogP contribution in [0.25, 0.3) is 6.08 Å². The number of hydrogen-bond donors (Lipinski definition) is 1. The Kier molecular flexibility index (Phi) is 6.25. The van der Waals surface area contributed by atoms with E-state index in [2.05, 4.69) is 10.1 Å². The highest BCUT2D eigenvalue weighted by Crippen LogP contribution is 2.34. The molecule has 0 fully saturated rings. The number of amidine groups is 2. The maximum atomic E-state index is 12.7. The summed E-state index contributed by atoms with van der Waals surface area (Å²) in [5.41, 5.74) is 1.31. The molecule has 2 aliphatic rings. The minimum atomic E-state index is -0.559. The van der Waals surface area contributed by atoms with E-state index in [1.165, 1.54) is 41.3 Å². The van der Waals surface area contributed by atoms with Gasteiger partial charge in [-0.2, -0.15) is 15.1 Å². The molecule has 0 saturated heterocycles. The highest BCUT2D eigenvalue weighted by molar-refractivity contribution is 8.27. The van der Waals surface area contributed by atoms with Gasteiger partial charge in [-0.05, 0) is 53.0 Å². The lowest BCUT2D eigenvalue weighted by atomic mass is 10.1. The number of amides is 1. The Morgan fingerprint density at radius 2 is 1.97 bits per heavy atom. The van der Waals surface area contributed by atoms with Crippen molar-refractivity contribution in [3.63, 3.8) is 0 Å². The van der Waals surface area contributed by atoms with Crippen molar-refractivity contribution < 1.29 is 19.1 Å². The summed E-state index contributed by atoms with van der Waals surface area (Å²) in [5, 5.41) is 17.5. The van der Waals surface area contributed by atoms with Gasteiger partial charge in [0.2, 0.25) is 5.17 Å². The number of thiophene rings is 1. The monoisotopic (exact) mass is 522 g/mol. The Hall–Kier alpha value is -3.73. The third kappa shape index (κ3) is 4.51. The quantitative estimate of drug-likeness (QED) is 0.277. The van der Waals surface area contributed by atoms with Crippen LogP contribution < -0.4 is 9.47 Å². The van der Waals surface area contributed by atoms with Crippen molar-refractivity contribution in [3.05, 3.63) is 86.6 Å². The van der Waals surface area contributed by atoms with Crippen LogP contribution in [0.1, 0.15) is 20.8 Å². The van der Waals surface area contributed by atoms with Crippen LogP contribution in [-0.4, -0.2) is 40.0 Å². The minimum absolute atomic E-state index is 0.0592. The molecule has 0 spiro atoms. The van der Waals surface area contributed by atoms with Gasteiger partial charge in [-0.1, -0.05) is 41.9 Å². The second-order valence-electron chi connectivity index (χ2n) is 7.18. The zero-order valence-corrected chi connectivity index (χ0v) is 20.4. The molecule has 2 aromatic carbocycles. The van der Waals surface area contributed by atoms with Crippen molar-refractivity contribution in [2.75, 3.05) is 7.11 Å². The minimum Gasteiger partial charge on any atom is -0.493 e. The predicted molar refractivity (Wildman–Crippen MR) is 138 cm³/mol. The molecule has 0 saturated carbocycles. The van der Waals surface area contributed by atoms with Crippen LogP contribution in [0.15, 0.2) is 75.6 Å². The number of carbonyl (C=O) groups excluding carboxylic acids is 2. The molecule has 0 atom stereocenters. The van der Waals surface area contributed by atoms with Crippen molar-refractivity contribution in [3.8, 4) is 11.5 Å². The molecule has 35 heavy (non-hydrogen) atoms. The summed E-state index contributed by atoms with van der Waals surface area (Å²) in [6.07, 6.45) is 1.52. The first kappa shape index (κ1) is 23.0. The summed E-state index contributed by atoms with van der Waals surface area (Å²) in [7, 11) is 1.45. The van der Waals surface area contributed by atoms with Gasteiger partial charge >= 0.3 is 5.97 Å². The van der Waals surface area contributed by atoms with Crippen LogP contribution in [-0.2, 0) is 4.79 Å². The molecule has 1 aromatic heterocycles. The summed E-state index contributed by atoms with van der Waals surface area (Å²) in [4.78, 5) is 29.6. The standard InChI is InChI=1S/C24H15ClN4O4S2/c1-32-18-12-13(8-9-17(18)33-23(31)19-7-4-10-34-19)11-15-20(26)29-24(27-21(15)30)35-22(28-29)14-5-2-3-6-16(14)25/h2-12,26H,1H3/b15-11-,26-20?. The third-order valence-corrected chi connectivity index (χ3v) is 7.10. The smallest absolute Gasteiger partial charge is 0.353 e. The van der Waals surface area contributed by atoms with E-state index >= 15 is 0 Å². The largest absolute Gasteiger partial charge is 0.493 e. The molecule has 8 nitrogen and oxygen atoms in total. The summed E-state index contributed by atoms with van der Waals surface area (Å²) >= 11 is 8.73. The number of aliphatic imine (C=N–C) groups is 1. The van der Waals surface area contributed by atoms with Crippen LogP contribution in [0.3, 0.4) is 0 Å². The number of nitrogens with zero attached hydrogens (tertiary/aromatic N) is 3. The SMILES string of the molecule is COc1cc(/C=C2/C(=N)N3N=C(c4ccccc4Cl)SC3=NC2=O)ccc1OC(=O)c1cccs1. The second-order valence-corrected chi connectivity index (χ2v) is 9.49. The molecule has 0 radical (unpaired) electrons. The van der Waals surface area contributed by atoms with Crippen LogP contribution in [0.5, 0.6) is 11.5 Å². The van der Waals surface area contributed by atoms with Gasteiger partial charge in [0.25, 0.3) is 5.91 Å². The zero-order chi connectivity index (χ0) is 24.5. The molecule has 5 rings (SSSR count). The van der Waals surface area contributed by atoms with Gasteiger partial charge in [-0.25, -0.2) is 4.79 Å². The average Bonchev–Trinajstić information content (AvgIpc) is 3.53. The first-order chi connectivity index (χ1) is 16.9. The van der Waals surface area contributed by atoms with E-state index in [0.29, 0.717) is 37.0 Å². The topological polar surface area (TPSA) is 104 Å². The van der Waals surface area contributed by atoms with Crippen LogP contribution >= 0.6 is 34.7 Å². The Balaban J connectivity index is 1.42. The molecule has 2 aliphatic heterocycles. The average molecular weight is 523 g/mol. The van der Waals surface area contributed by atoms with Gasteiger partial charge < -0.3 is 9.47 Å². The van der Waals surface area contributed by atoms with Crippen molar-refractivity contribution in [1.82, 2.24) is 5.01 Å². The number of nitrogens with one attached hydrogen (secondary N) is 1. The number of fused-ring (bicyclic) bond motifs is 1. The summed E-state index contributed by atoms with van der Waals surface area (Å²) in [6.45, 7) is 0. The molecule has 3 aromatic rings. The number of thioether (sulfide) groups is 1. The van der Waals surface area contributed by atoms with Crippen LogP contribution in [0.2, 0.25) is 5.02 Å². The van der Waals surface area contributed by atoms with Crippen LogP contribution in [0, 0.1) is 5.41 Å². The highest BCUT2D eigenvalue weighted by Gasteiger charge is 2.36. The number of carbonyl (C=O) groups is 2. The van der Waals surface area contributed by atoms with E-state index in [0.717, 1.165) is 0 Å². The number of esters is 1. The normalized spacial score (nSPS) is 16.2. The fourth-order valence-corrected chi connectivity index (χ4v) is 5.12. The number of hydrazone groups is 1. The number of ether oxygens (including phenoxy) is 2. The molecule has 11 heteroatoms. The van der Waals surface area contributed by atoms with Gasteiger partial charge in [-0.3, -0.25) is 10.2 Å². The lowest BCUT2D eigenvalue weighted by molar-refractivity contribution is -0.114. The number of benzene rings is 2. The first-order valence-electron chi connectivity index (χ1n) is 10.1. The first-order valence-corrected chi connectivity index (χ1v) is 12.2. The predicted octanol–water partition coefficient (Wildman–Crippen LogP) is 5.30. The van der Waals surface area contributed by atoms with Crippen molar-refractivity contribution >= 4 is 68.7 Å². The van der Waals surface area contributed by atoms with Gasteiger partial charge in [0, 0.05) is 5.56 Å². The van der Waals surface area contributed by atoms with Crippen molar-refractivity contribution in [1.29, 1.82) is 5.41 Å². The van der Waals surface area contributed by atoms with Gasteiger partial charge in [0.05, 0.1) is 17.7 Å². The maximum Gasteiger partial charge on any atom is 0.353 e. The number of methoxy groups -OCH3 is 1. The Morgan fingerprint density at radius 3 is 2.71 bits per heavy atom. The summed E-state index contributed by atoms with van der Waals surface area (Å²) in [6, 6.07) is 15.5. The fourth-order valence-electron chi connectivity index (χ4n) is 3.31. The number of rotatable bonds is 5. The molecule has 0 aliphatic carbocycles. The summed E-state index contributed by atoms with van der Waals surface area (Å²) in [5.74, 6) is -0.616. The molecule has 0 bridgehead atoms. The molecule has 3 heterocycles. The van der Waals surface area contributed by atoms with Gasteiger partial charge in [-0.15, -0.1) is 11.3 Å². The van der Waals surface area contributed by atoms with Crippen molar-refractivity contribution in [2.24, 2.45) is 10.1 Å². The Labute approximate surface area is 213 Å². The molecular weight excluding hydrogens is 508 g/mol. The molecule has 174 valence electrons. The van der Waals surface area contributed by atoms with Gasteiger partial charge in [0.1, 0.15) is 9.92 Å². The maximum absolute atomic E-state index is 12.7. The second kappa shape index (κ2) is 9.49. The van der Waals surface area contributed by atoms with E-state index in [-0.39, 0.29) is 17.2 Å². The fraction of sp³-hybridized carbons (Fsp3) is 0.0417. The molecule has 1 amide bonds. The molecule has 0 unspecified atom stereocenters. The number of hydrogen-bond acceptors (Lipinski definition) is 8. The Bertz CT molecular complexity index is 1460. The molecule has 1 N–H and O–H groups in total. The van der Waals surface area contributed by atoms with Gasteiger partial charge in [0.15, 0.2) is 17.3 Å². The van der Waals surface area contributed by atoms with E-state index in [4.69, 9.17) is 26.5 Å². The Morgan fingerprint density at radius 1 is 1.14 bits per heavy atom. The van der Waals surface area contributed by atoms with Crippen LogP contribution in [0.4, 0.5) is 0 Å². The lowest BCUT2D eigenvalue weighted by Crippen LogP contribution is -2.35. The number of halogens is 1. The van der Waals surface area contributed by atoms with E-state index in [9.17, 15) is 9.59 Å². The van der Waals surface area contributed by atoms with E-state index in [1.807, 2.05) is 18.2 Å². The van der Waals surface area contributed by atoms with E-state index < -0.39 is 11.9 Å². The highest BCUT2D eigenvalue weighted by atomic mass is 35.5. The lowest BCUT2D eigenvalue weighted by Gasteiger charge is -2.20. The summed E-state index contributed by atoms with van der Waals surface area (Å²) < 4.78 is 10.8. The zero-order valence-electron chi connectivity index (χ0n) is 18.0.